The summed E-state index contributed by atoms with van der Waals surface area (Å²) in [5.74, 6) is 1.02. The molecule has 0 unspecified atom stereocenters. The van der Waals surface area contributed by atoms with E-state index in [2.05, 4.69) is 34.2 Å². The van der Waals surface area contributed by atoms with E-state index in [0.29, 0.717) is 23.0 Å². The SMILES string of the molecule is CC(C)n1cc(Nc2ncc3c(n2)N(C)c2ccccc2C(=O)N3C)cn1. The number of amides is 1. The molecular weight excluding hydrogens is 342 g/mol. The lowest BCUT2D eigenvalue weighted by Gasteiger charge is -2.21. The fourth-order valence-electron chi connectivity index (χ4n) is 3.08. The Bertz CT molecular complexity index is 1010. The molecule has 0 spiro atoms. The van der Waals surface area contributed by atoms with E-state index < -0.39 is 0 Å². The first-order valence-electron chi connectivity index (χ1n) is 8.74. The van der Waals surface area contributed by atoms with Crippen molar-refractivity contribution in [2.24, 2.45) is 0 Å². The van der Waals surface area contributed by atoms with Crippen molar-refractivity contribution in [2.45, 2.75) is 19.9 Å². The summed E-state index contributed by atoms with van der Waals surface area (Å²) in [5, 5.41) is 7.50. The molecule has 138 valence electrons. The van der Waals surface area contributed by atoms with Crippen molar-refractivity contribution in [2.75, 3.05) is 29.2 Å². The topological polar surface area (TPSA) is 79.2 Å². The van der Waals surface area contributed by atoms with Crippen LogP contribution in [0, 0.1) is 0 Å². The molecule has 0 aliphatic carbocycles. The van der Waals surface area contributed by atoms with Crippen molar-refractivity contribution in [1.82, 2.24) is 19.7 Å². The first-order chi connectivity index (χ1) is 13.0. The Morgan fingerprint density at radius 3 is 2.56 bits per heavy atom. The van der Waals surface area contributed by atoms with E-state index in [0.717, 1.165) is 11.4 Å². The van der Waals surface area contributed by atoms with Gasteiger partial charge in [0.15, 0.2) is 5.82 Å². The van der Waals surface area contributed by atoms with Crippen molar-refractivity contribution >= 4 is 34.7 Å². The minimum Gasteiger partial charge on any atom is -0.327 e. The van der Waals surface area contributed by atoms with Crippen molar-refractivity contribution in [3.63, 3.8) is 0 Å². The molecule has 3 heterocycles. The largest absolute Gasteiger partial charge is 0.327 e. The third-order valence-electron chi connectivity index (χ3n) is 4.62. The van der Waals surface area contributed by atoms with Gasteiger partial charge in [-0.05, 0) is 26.0 Å². The summed E-state index contributed by atoms with van der Waals surface area (Å²) >= 11 is 0. The molecule has 1 N–H and O–H groups in total. The molecule has 4 rings (SSSR count). The number of hydrogen-bond donors (Lipinski definition) is 1. The Balaban J connectivity index is 1.74. The van der Waals surface area contributed by atoms with E-state index in [1.54, 1.807) is 24.3 Å². The van der Waals surface area contributed by atoms with Crippen LogP contribution in [0.25, 0.3) is 0 Å². The number of rotatable bonds is 3. The number of aromatic nitrogens is 4. The zero-order valence-electron chi connectivity index (χ0n) is 15.7. The van der Waals surface area contributed by atoms with Crippen LogP contribution >= 0.6 is 0 Å². The molecular formula is C19H21N7O. The number of carbonyl (C=O) groups excluding carboxylic acids is 1. The minimum absolute atomic E-state index is 0.0845. The average molecular weight is 363 g/mol. The van der Waals surface area contributed by atoms with Crippen LogP contribution in [0.1, 0.15) is 30.2 Å². The summed E-state index contributed by atoms with van der Waals surface area (Å²) in [7, 11) is 3.64. The highest BCUT2D eigenvalue weighted by Crippen LogP contribution is 2.37. The van der Waals surface area contributed by atoms with Crippen LogP contribution in [-0.4, -0.2) is 39.8 Å². The lowest BCUT2D eigenvalue weighted by atomic mass is 10.1. The number of hydrogen-bond acceptors (Lipinski definition) is 6. The number of anilines is 5. The van der Waals surface area contributed by atoms with Gasteiger partial charge in [0, 0.05) is 26.3 Å². The number of para-hydroxylation sites is 1. The fraction of sp³-hybridized carbons (Fsp3) is 0.263. The molecule has 1 aromatic carbocycles. The average Bonchev–Trinajstić information content (AvgIpc) is 3.12. The number of fused-ring (bicyclic) bond motifs is 2. The molecule has 0 radical (unpaired) electrons. The molecule has 2 aromatic heterocycles. The van der Waals surface area contributed by atoms with Crippen LogP contribution in [0.15, 0.2) is 42.9 Å². The molecule has 0 atom stereocenters. The summed E-state index contributed by atoms with van der Waals surface area (Å²) < 4.78 is 1.86. The molecule has 8 nitrogen and oxygen atoms in total. The third kappa shape index (κ3) is 2.88. The second-order valence-electron chi connectivity index (χ2n) is 6.77. The van der Waals surface area contributed by atoms with Gasteiger partial charge in [0.25, 0.3) is 5.91 Å². The van der Waals surface area contributed by atoms with Crippen molar-refractivity contribution < 1.29 is 4.79 Å². The van der Waals surface area contributed by atoms with Crippen LogP contribution in [0.4, 0.5) is 28.8 Å². The smallest absolute Gasteiger partial charge is 0.260 e. The van der Waals surface area contributed by atoms with Gasteiger partial charge in [-0.1, -0.05) is 12.1 Å². The first-order valence-corrected chi connectivity index (χ1v) is 8.74. The summed E-state index contributed by atoms with van der Waals surface area (Å²) in [6, 6.07) is 7.78. The fourth-order valence-corrected chi connectivity index (χ4v) is 3.08. The highest BCUT2D eigenvalue weighted by atomic mass is 16.2. The van der Waals surface area contributed by atoms with E-state index in [1.807, 2.05) is 47.1 Å². The predicted octanol–water partition coefficient (Wildman–Crippen LogP) is 3.36. The van der Waals surface area contributed by atoms with Crippen LogP contribution in [0.3, 0.4) is 0 Å². The number of benzene rings is 1. The first kappa shape index (κ1) is 17.0. The quantitative estimate of drug-likeness (QED) is 0.769. The Morgan fingerprint density at radius 1 is 1.04 bits per heavy atom. The highest BCUT2D eigenvalue weighted by molar-refractivity contribution is 6.13. The van der Waals surface area contributed by atoms with E-state index in [1.165, 1.54) is 0 Å². The Labute approximate surface area is 157 Å². The third-order valence-corrected chi connectivity index (χ3v) is 4.62. The maximum atomic E-state index is 12.8. The van der Waals surface area contributed by atoms with Crippen molar-refractivity contribution in [3.05, 3.63) is 48.4 Å². The molecule has 3 aromatic rings. The number of carbonyl (C=O) groups is 1. The second-order valence-corrected chi connectivity index (χ2v) is 6.77. The Kier molecular flexibility index (Phi) is 4.02. The lowest BCUT2D eigenvalue weighted by Crippen LogP contribution is -2.25. The molecule has 0 saturated carbocycles. The number of nitrogens with one attached hydrogen (secondary N) is 1. The molecule has 1 aliphatic heterocycles. The zero-order valence-corrected chi connectivity index (χ0v) is 15.7. The van der Waals surface area contributed by atoms with Crippen LogP contribution in [0.5, 0.6) is 0 Å². The lowest BCUT2D eigenvalue weighted by molar-refractivity contribution is 0.0994. The minimum atomic E-state index is -0.0845. The van der Waals surface area contributed by atoms with Gasteiger partial charge < -0.3 is 15.1 Å². The highest BCUT2D eigenvalue weighted by Gasteiger charge is 2.28. The summed E-state index contributed by atoms with van der Waals surface area (Å²) in [6.07, 6.45) is 5.32. The zero-order chi connectivity index (χ0) is 19.1. The second kappa shape index (κ2) is 6.39. The van der Waals surface area contributed by atoms with E-state index >= 15 is 0 Å². The van der Waals surface area contributed by atoms with Gasteiger partial charge in [0.05, 0.1) is 29.3 Å². The molecule has 1 aliphatic rings. The molecule has 0 bridgehead atoms. The van der Waals surface area contributed by atoms with Crippen LogP contribution < -0.4 is 15.1 Å². The van der Waals surface area contributed by atoms with Gasteiger partial charge in [-0.25, -0.2) is 4.98 Å². The summed E-state index contributed by atoms with van der Waals surface area (Å²) in [4.78, 5) is 25.3. The molecule has 0 saturated heterocycles. The van der Waals surface area contributed by atoms with Gasteiger partial charge in [-0.15, -0.1) is 0 Å². The molecule has 1 amide bonds. The monoisotopic (exact) mass is 363 g/mol. The van der Waals surface area contributed by atoms with Gasteiger partial charge in [0.2, 0.25) is 5.95 Å². The molecule has 0 fully saturated rings. The maximum Gasteiger partial charge on any atom is 0.260 e. The molecule has 27 heavy (non-hydrogen) atoms. The van der Waals surface area contributed by atoms with Crippen molar-refractivity contribution in [3.8, 4) is 0 Å². The van der Waals surface area contributed by atoms with E-state index in [4.69, 9.17) is 0 Å². The van der Waals surface area contributed by atoms with Gasteiger partial charge in [-0.2, -0.15) is 10.1 Å². The standard InChI is InChI=1S/C19H21N7O/c1-12(2)26-11-13(9-21-26)22-19-20-10-16-17(23-19)24(3)15-8-6-5-7-14(15)18(27)25(16)4/h5-12H,1-4H3,(H,20,22,23). The van der Waals surface area contributed by atoms with Gasteiger partial charge in [-0.3, -0.25) is 9.48 Å². The van der Waals surface area contributed by atoms with Gasteiger partial charge in [0.1, 0.15) is 5.69 Å². The Hall–Kier alpha value is -3.42. The predicted molar refractivity (Wildman–Crippen MR) is 105 cm³/mol. The van der Waals surface area contributed by atoms with E-state index in [9.17, 15) is 4.79 Å². The normalized spacial score (nSPS) is 13.4. The van der Waals surface area contributed by atoms with Crippen LogP contribution in [0.2, 0.25) is 0 Å². The van der Waals surface area contributed by atoms with Crippen LogP contribution in [-0.2, 0) is 0 Å². The van der Waals surface area contributed by atoms with Crippen molar-refractivity contribution in [1.29, 1.82) is 0 Å². The summed E-state index contributed by atoms with van der Waals surface area (Å²) in [5.41, 5.74) is 2.91. The van der Waals surface area contributed by atoms with Gasteiger partial charge >= 0.3 is 0 Å². The number of nitrogens with zero attached hydrogens (tertiary/aromatic N) is 6. The van der Waals surface area contributed by atoms with E-state index in [-0.39, 0.29) is 11.9 Å². The summed E-state index contributed by atoms with van der Waals surface area (Å²) in [6.45, 7) is 4.13. The maximum absolute atomic E-state index is 12.8. The molecule has 8 heteroatoms. The Morgan fingerprint density at radius 2 is 1.81 bits per heavy atom.